The maximum absolute atomic E-state index is 11.7. The Balaban J connectivity index is 4.81. The standard InChI is InChI=1S/C15H23NO2S/c1-6-7-15(18)14(13(4)17)10-16-11(2)8-9-12(3)19-5/h8-10,16H,6-7H2,1-5H3/b11-8+,12-9+,14-10-. The van der Waals surface area contributed by atoms with Gasteiger partial charge in [0.25, 0.3) is 0 Å². The van der Waals surface area contributed by atoms with Gasteiger partial charge in [-0.1, -0.05) is 13.0 Å². The molecule has 0 spiro atoms. The van der Waals surface area contributed by atoms with Crippen LogP contribution in [0.1, 0.15) is 40.5 Å². The Bertz CT molecular complexity index is 420. The molecule has 0 atom stereocenters. The van der Waals surface area contributed by atoms with Crippen LogP contribution in [0, 0.1) is 0 Å². The van der Waals surface area contributed by atoms with Crippen LogP contribution < -0.4 is 5.32 Å². The summed E-state index contributed by atoms with van der Waals surface area (Å²) in [5.74, 6) is -0.305. The highest BCUT2D eigenvalue weighted by atomic mass is 32.2. The van der Waals surface area contributed by atoms with Gasteiger partial charge in [0.1, 0.15) is 0 Å². The zero-order chi connectivity index (χ0) is 14.8. The van der Waals surface area contributed by atoms with Crippen LogP contribution in [0.15, 0.2) is 34.5 Å². The largest absolute Gasteiger partial charge is 0.364 e. The first-order valence-corrected chi connectivity index (χ1v) is 7.54. The minimum absolute atomic E-state index is 0.105. The summed E-state index contributed by atoms with van der Waals surface area (Å²) in [5, 5.41) is 2.99. The number of allylic oxidation sites excluding steroid dienone is 5. The lowest BCUT2D eigenvalue weighted by molar-refractivity contribution is -0.120. The van der Waals surface area contributed by atoms with Crippen molar-refractivity contribution in [1.29, 1.82) is 0 Å². The van der Waals surface area contributed by atoms with Crippen LogP contribution in [0.5, 0.6) is 0 Å². The van der Waals surface area contributed by atoms with Crippen LogP contribution in [0.3, 0.4) is 0 Å². The highest BCUT2D eigenvalue weighted by Gasteiger charge is 2.12. The third kappa shape index (κ3) is 7.67. The van der Waals surface area contributed by atoms with Gasteiger partial charge in [0.15, 0.2) is 11.6 Å². The van der Waals surface area contributed by atoms with Crippen molar-refractivity contribution in [2.24, 2.45) is 0 Å². The number of hydrogen-bond donors (Lipinski definition) is 1. The topological polar surface area (TPSA) is 46.2 Å². The minimum atomic E-state index is -0.199. The summed E-state index contributed by atoms with van der Waals surface area (Å²) in [6, 6.07) is 0. The zero-order valence-corrected chi connectivity index (χ0v) is 13.2. The Morgan fingerprint density at radius 2 is 1.79 bits per heavy atom. The van der Waals surface area contributed by atoms with E-state index in [1.165, 1.54) is 18.0 Å². The van der Waals surface area contributed by atoms with Gasteiger partial charge in [-0.25, -0.2) is 0 Å². The molecule has 0 aliphatic heterocycles. The molecule has 106 valence electrons. The third-order valence-electron chi connectivity index (χ3n) is 2.49. The summed E-state index contributed by atoms with van der Waals surface area (Å²) >= 11 is 1.67. The molecule has 0 aliphatic rings. The van der Waals surface area contributed by atoms with Gasteiger partial charge in [0, 0.05) is 18.3 Å². The van der Waals surface area contributed by atoms with Crippen LogP contribution in [-0.4, -0.2) is 17.8 Å². The predicted molar refractivity (Wildman–Crippen MR) is 82.8 cm³/mol. The van der Waals surface area contributed by atoms with E-state index in [4.69, 9.17) is 0 Å². The Morgan fingerprint density at radius 3 is 2.26 bits per heavy atom. The van der Waals surface area contributed by atoms with Gasteiger partial charge in [-0.3, -0.25) is 9.59 Å². The lowest BCUT2D eigenvalue weighted by Crippen LogP contribution is -2.14. The maximum Gasteiger partial charge on any atom is 0.167 e. The molecule has 0 fully saturated rings. The molecular formula is C15H23NO2S. The Labute approximate surface area is 120 Å². The van der Waals surface area contributed by atoms with Crippen molar-refractivity contribution in [3.05, 3.63) is 34.5 Å². The van der Waals surface area contributed by atoms with Crippen molar-refractivity contribution in [2.45, 2.75) is 40.5 Å². The number of Topliss-reactive ketones (excluding diaryl/α,β-unsaturated/α-hetero) is 2. The summed E-state index contributed by atoms with van der Waals surface area (Å²) in [6.45, 7) is 7.25. The van der Waals surface area contributed by atoms with E-state index in [1.807, 2.05) is 39.2 Å². The number of ketones is 2. The lowest BCUT2D eigenvalue weighted by atomic mass is 10.1. The number of carbonyl (C=O) groups excluding carboxylic acids is 2. The smallest absolute Gasteiger partial charge is 0.167 e. The summed E-state index contributed by atoms with van der Waals surface area (Å²) < 4.78 is 0. The number of thioether (sulfide) groups is 1. The Hall–Kier alpha value is -1.29. The number of carbonyl (C=O) groups is 2. The molecule has 0 aromatic rings. The van der Waals surface area contributed by atoms with Gasteiger partial charge in [-0.15, -0.1) is 11.8 Å². The average Bonchev–Trinajstić information content (AvgIpc) is 2.35. The average molecular weight is 281 g/mol. The van der Waals surface area contributed by atoms with Crippen molar-refractivity contribution < 1.29 is 9.59 Å². The van der Waals surface area contributed by atoms with Crippen LogP contribution >= 0.6 is 11.8 Å². The van der Waals surface area contributed by atoms with Crippen LogP contribution in [-0.2, 0) is 9.59 Å². The van der Waals surface area contributed by atoms with Crippen LogP contribution in [0.4, 0.5) is 0 Å². The van der Waals surface area contributed by atoms with Gasteiger partial charge in [-0.2, -0.15) is 0 Å². The molecule has 0 aliphatic carbocycles. The minimum Gasteiger partial charge on any atom is -0.364 e. The number of hydrogen-bond acceptors (Lipinski definition) is 4. The van der Waals surface area contributed by atoms with Gasteiger partial charge < -0.3 is 5.32 Å². The summed E-state index contributed by atoms with van der Waals surface area (Å²) in [6.07, 6.45) is 8.58. The first-order valence-electron chi connectivity index (χ1n) is 6.32. The molecule has 1 N–H and O–H groups in total. The molecule has 0 saturated carbocycles. The van der Waals surface area contributed by atoms with E-state index in [9.17, 15) is 9.59 Å². The molecule has 0 heterocycles. The van der Waals surface area contributed by atoms with E-state index in [1.54, 1.807) is 11.8 Å². The van der Waals surface area contributed by atoms with E-state index in [0.717, 1.165) is 12.1 Å². The van der Waals surface area contributed by atoms with Gasteiger partial charge in [0.05, 0.1) is 5.57 Å². The second-order valence-electron chi connectivity index (χ2n) is 4.26. The number of rotatable bonds is 8. The van der Waals surface area contributed by atoms with E-state index < -0.39 is 0 Å². The predicted octanol–water partition coefficient (Wildman–Crippen LogP) is 3.59. The second kappa shape index (κ2) is 9.62. The monoisotopic (exact) mass is 281 g/mol. The highest BCUT2D eigenvalue weighted by molar-refractivity contribution is 8.02. The molecule has 3 nitrogen and oxygen atoms in total. The van der Waals surface area contributed by atoms with E-state index in [2.05, 4.69) is 5.32 Å². The SMILES string of the molecule is CCCC(=O)/C(=C\N/C(C)=C/C=C(\C)SC)C(C)=O. The van der Waals surface area contributed by atoms with Crippen LogP contribution in [0.25, 0.3) is 0 Å². The molecule has 4 heteroatoms. The Morgan fingerprint density at radius 1 is 1.16 bits per heavy atom. The molecular weight excluding hydrogens is 258 g/mol. The summed E-state index contributed by atoms with van der Waals surface area (Å²) in [7, 11) is 0. The van der Waals surface area contributed by atoms with Crippen molar-refractivity contribution in [3.63, 3.8) is 0 Å². The molecule has 0 aromatic carbocycles. The van der Waals surface area contributed by atoms with Crippen LogP contribution in [0.2, 0.25) is 0 Å². The first-order chi connectivity index (χ1) is 8.92. The van der Waals surface area contributed by atoms with E-state index in [-0.39, 0.29) is 17.1 Å². The van der Waals surface area contributed by atoms with Crippen molar-refractivity contribution >= 4 is 23.3 Å². The molecule has 0 radical (unpaired) electrons. The highest BCUT2D eigenvalue weighted by Crippen LogP contribution is 2.09. The van der Waals surface area contributed by atoms with Crippen molar-refractivity contribution in [3.8, 4) is 0 Å². The van der Waals surface area contributed by atoms with Crippen molar-refractivity contribution in [1.82, 2.24) is 5.32 Å². The van der Waals surface area contributed by atoms with Gasteiger partial charge in [0.2, 0.25) is 0 Å². The molecule has 19 heavy (non-hydrogen) atoms. The third-order valence-corrected chi connectivity index (χ3v) is 3.27. The fourth-order valence-electron chi connectivity index (χ4n) is 1.28. The molecule has 0 rings (SSSR count). The van der Waals surface area contributed by atoms with Gasteiger partial charge >= 0.3 is 0 Å². The molecule has 0 amide bonds. The molecule has 0 aromatic heterocycles. The van der Waals surface area contributed by atoms with E-state index >= 15 is 0 Å². The molecule has 0 saturated heterocycles. The Kier molecular flexibility index (Phi) is 8.96. The van der Waals surface area contributed by atoms with Gasteiger partial charge in [-0.05, 0) is 44.4 Å². The van der Waals surface area contributed by atoms with Crippen molar-refractivity contribution in [2.75, 3.05) is 6.26 Å². The second-order valence-corrected chi connectivity index (χ2v) is 5.32. The van der Waals surface area contributed by atoms with E-state index in [0.29, 0.717) is 6.42 Å². The normalized spacial score (nSPS) is 13.4. The fourth-order valence-corrected chi connectivity index (χ4v) is 1.49. The quantitative estimate of drug-likeness (QED) is 0.320. The molecule has 0 unspecified atom stereocenters. The number of nitrogens with one attached hydrogen (secondary N) is 1. The summed E-state index contributed by atoms with van der Waals surface area (Å²) in [4.78, 5) is 24.4. The first kappa shape index (κ1) is 17.7. The lowest BCUT2D eigenvalue weighted by Gasteiger charge is -2.04. The zero-order valence-electron chi connectivity index (χ0n) is 12.4. The maximum atomic E-state index is 11.7. The summed E-state index contributed by atoms with van der Waals surface area (Å²) in [5.41, 5.74) is 1.12. The molecule has 0 bridgehead atoms. The fraction of sp³-hybridized carbons (Fsp3) is 0.467.